The number of carbonyl (C=O) groups excluding carboxylic acids is 1. The van der Waals surface area contributed by atoms with Crippen molar-refractivity contribution < 1.29 is 13.2 Å². The molecule has 0 saturated carbocycles. The molecule has 1 aliphatic rings. The Morgan fingerprint density at radius 1 is 1.30 bits per heavy atom. The van der Waals surface area contributed by atoms with Crippen LogP contribution in [-0.2, 0) is 23.5 Å². The molecule has 148 valence electrons. The van der Waals surface area contributed by atoms with Gasteiger partial charge in [0.2, 0.25) is 10.0 Å². The minimum atomic E-state index is -3.75. The number of aromatic nitrogens is 1. The Labute approximate surface area is 166 Å². The summed E-state index contributed by atoms with van der Waals surface area (Å²) in [5, 5.41) is 0. The first-order valence-corrected chi connectivity index (χ1v) is 9.96. The molecule has 0 radical (unpaired) electrons. The summed E-state index contributed by atoms with van der Waals surface area (Å²) in [6.07, 6.45) is 3.98. The Morgan fingerprint density at radius 2 is 2.00 bits per heavy atom. The lowest BCUT2D eigenvalue weighted by Crippen LogP contribution is -2.31. The minimum absolute atomic E-state index is 0. The molecule has 7 nitrogen and oxygen atoms in total. The molecule has 1 amide bonds. The zero-order chi connectivity index (χ0) is 19.1. The molecule has 9 heteroatoms. The van der Waals surface area contributed by atoms with Crippen LogP contribution in [0.25, 0.3) is 0 Å². The number of hydrogen-bond donors (Lipinski definition) is 2. The van der Waals surface area contributed by atoms with Crippen LogP contribution in [0.15, 0.2) is 35.4 Å². The maximum absolute atomic E-state index is 12.9. The van der Waals surface area contributed by atoms with E-state index in [2.05, 4.69) is 4.72 Å². The van der Waals surface area contributed by atoms with Crippen molar-refractivity contribution >= 4 is 34.0 Å². The number of halogens is 1. The number of aryl methyl sites for hydroxylation is 2. The fourth-order valence-corrected chi connectivity index (χ4v) is 4.65. The number of hydrogen-bond acceptors (Lipinski definition) is 4. The number of carbonyl (C=O) groups is 1. The van der Waals surface area contributed by atoms with Crippen LogP contribution in [0, 0.1) is 0 Å². The molecule has 1 aliphatic carbocycles. The Hall–Kier alpha value is -2.03. The highest BCUT2D eigenvalue weighted by Gasteiger charge is 2.28. The third-order valence-electron chi connectivity index (χ3n) is 4.69. The van der Waals surface area contributed by atoms with E-state index in [9.17, 15) is 13.2 Å². The Bertz CT molecular complexity index is 954. The Balaban J connectivity index is 0.00000261. The summed E-state index contributed by atoms with van der Waals surface area (Å²) < 4.78 is 30.0. The fraction of sp³-hybridized carbons (Fsp3) is 0.389. The normalized spacial score (nSPS) is 16.3. The summed E-state index contributed by atoms with van der Waals surface area (Å²) in [6.45, 7) is 0. The van der Waals surface area contributed by atoms with Gasteiger partial charge in [0, 0.05) is 39.1 Å². The van der Waals surface area contributed by atoms with Crippen molar-refractivity contribution in [2.24, 2.45) is 7.05 Å². The summed E-state index contributed by atoms with van der Waals surface area (Å²) in [6, 6.07) is 6.71. The van der Waals surface area contributed by atoms with Crippen molar-refractivity contribution in [3.63, 3.8) is 0 Å². The molecule has 1 aromatic carbocycles. The van der Waals surface area contributed by atoms with E-state index in [0.29, 0.717) is 11.4 Å². The van der Waals surface area contributed by atoms with Crippen LogP contribution in [0.4, 0.5) is 5.69 Å². The van der Waals surface area contributed by atoms with Gasteiger partial charge in [-0.3, -0.25) is 4.79 Å². The maximum atomic E-state index is 12.9. The van der Waals surface area contributed by atoms with Crippen LogP contribution in [-0.4, -0.2) is 37.9 Å². The molecule has 1 heterocycles. The number of anilines is 1. The SMILES string of the molecule is CN(C)C(=O)c1cc(S(=O)(=O)NC2CCCc3cc(N)ccc32)cn1C.Cl. The van der Waals surface area contributed by atoms with Crippen molar-refractivity contribution in [3.05, 3.63) is 47.3 Å². The zero-order valence-electron chi connectivity index (χ0n) is 15.6. The number of rotatable bonds is 4. The van der Waals surface area contributed by atoms with Crippen LogP contribution < -0.4 is 10.5 Å². The molecule has 3 N–H and O–H groups in total. The lowest BCUT2D eigenvalue weighted by Gasteiger charge is -2.26. The molecule has 3 rings (SSSR count). The van der Waals surface area contributed by atoms with E-state index < -0.39 is 10.0 Å². The predicted octanol–water partition coefficient (Wildman–Crippen LogP) is 2.09. The molecule has 1 atom stereocenters. The van der Waals surface area contributed by atoms with Gasteiger partial charge < -0.3 is 15.2 Å². The molecule has 0 saturated heterocycles. The number of benzene rings is 1. The fourth-order valence-electron chi connectivity index (χ4n) is 3.33. The number of nitrogens with zero attached hydrogens (tertiary/aromatic N) is 2. The highest BCUT2D eigenvalue weighted by atomic mass is 35.5. The molecule has 0 fully saturated rings. The number of sulfonamides is 1. The van der Waals surface area contributed by atoms with Crippen molar-refractivity contribution in [3.8, 4) is 0 Å². The van der Waals surface area contributed by atoms with Crippen LogP contribution >= 0.6 is 12.4 Å². The van der Waals surface area contributed by atoms with Gasteiger partial charge in [-0.15, -0.1) is 12.4 Å². The van der Waals surface area contributed by atoms with Gasteiger partial charge in [-0.25, -0.2) is 13.1 Å². The second-order valence-electron chi connectivity index (χ2n) is 6.90. The van der Waals surface area contributed by atoms with E-state index in [0.717, 1.165) is 30.4 Å². The van der Waals surface area contributed by atoms with Crippen molar-refractivity contribution in [1.29, 1.82) is 0 Å². The van der Waals surface area contributed by atoms with E-state index in [4.69, 9.17) is 5.73 Å². The van der Waals surface area contributed by atoms with E-state index in [-0.39, 0.29) is 29.3 Å². The van der Waals surface area contributed by atoms with Gasteiger partial charge in [0.25, 0.3) is 5.91 Å². The second kappa shape index (κ2) is 7.92. The van der Waals surface area contributed by atoms with Crippen LogP contribution in [0.1, 0.15) is 40.5 Å². The van der Waals surface area contributed by atoms with E-state index >= 15 is 0 Å². The summed E-state index contributed by atoms with van der Waals surface area (Å²) in [7, 11) is 1.18. The average molecular weight is 413 g/mol. The lowest BCUT2D eigenvalue weighted by atomic mass is 9.88. The van der Waals surface area contributed by atoms with Gasteiger partial charge in [-0.2, -0.15) is 0 Å². The zero-order valence-corrected chi connectivity index (χ0v) is 17.2. The highest BCUT2D eigenvalue weighted by Crippen LogP contribution is 2.32. The second-order valence-corrected chi connectivity index (χ2v) is 8.61. The van der Waals surface area contributed by atoms with E-state index in [1.165, 1.54) is 21.7 Å². The van der Waals surface area contributed by atoms with E-state index in [1.54, 1.807) is 27.2 Å². The van der Waals surface area contributed by atoms with Gasteiger partial charge in [-0.05, 0) is 48.6 Å². The van der Waals surface area contributed by atoms with Crippen LogP contribution in [0.3, 0.4) is 0 Å². The summed E-state index contributed by atoms with van der Waals surface area (Å²) in [4.78, 5) is 13.7. The van der Waals surface area contributed by atoms with Gasteiger partial charge >= 0.3 is 0 Å². The summed E-state index contributed by atoms with van der Waals surface area (Å²) >= 11 is 0. The number of nitrogens with one attached hydrogen (secondary N) is 1. The first-order chi connectivity index (χ1) is 12.2. The molecular formula is C18H25ClN4O3S. The lowest BCUT2D eigenvalue weighted by molar-refractivity contribution is 0.0818. The summed E-state index contributed by atoms with van der Waals surface area (Å²) in [5.41, 5.74) is 8.90. The topological polar surface area (TPSA) is 97.4 Å². The number of fused-ring (bicyclic) bond motifs is 1. The standard InChI is InChI=1S/C18H24N4O3S.ClH/c1-21(2)18(23)17-10-14(11-22(17)3)26(24,25)20-16-6-4-5-12-9-13(19)7-8-15(12)16;/h7-11,16,20H,4-6,19H2,1-3H3;1H. The Morgan fingerprint density at radius 3 is 2.67 bits per heavy atom. The first-order valence-electron chi connectivity index (χ1n) is 8.47. The van der Waals surface area contributed by atoms with Gasteiger partial charge in [0.05, 0.1) is 0 Å². The number of nitrogens with two attached hydrogens (primary N) is 1. The molecule has 0 spiro atoms. The quantitative estimate of drug-likeness (QED) is 0.751. The molecule has 0 aliphatic heterocycles. The number of amides is 1. The van der Waals surface area contributed by atoms with E-state index in [1.807, 2.05) is 12.1 Å². The minimum Gasteiger partial charge on any atom is -0.399 e. The van der Waals surface area contributed by atoms with Crippen molar-refractivity contribution in [2.75, 3.05) is 19.8 Å². The van der Waals surface area contributed by atoms with Crippen LogP contribution in [0.2, 0.25) is 0 Å². The molecule has 2 aromatic rings. The van der Waals surface area contributed by atoms with Gasteiger partial charge in [0.1, 0.15) is 10.6 Å². The smallest absolute Gasteiger partial charge is 0.269 e. The monoisotopic (exact) mass is 412 g/mol. The van der Waals surface area contributed by atoms with Crippen molar-refractivity contribution in [1.82, 2.24) is 14.2 Å². The molecule has 1 unspecified atom stereocenters. The molecular weight excluding hydrogens is 388 g/mol. The third-order valence-corrected chi connectivity index (χ3v) is 6.13. The Kier molecular flexibility index (Phi) is 6.24. The predicted molar refractivity (Wildman–Crippen MR) is 108 cm³/mol. The average Bonchev–Trinajstić information content (AvgIpc) is 2.96. The largest absolute Gasteiger partial charge is 0.399 e. The summed E-state index contributed by atoms with van der Waals surface area (Å²) in [5.74, 6) is -0.243. The molecule has 27 heavy (non-hydrogen) atoms. The third kappa shape index (κ3) is 4.28. The first kappa shape index (κ1) is 21.3. The van der Waals surface area contributed by atoms with Crippen LogP contribution in [0.5, 0.6) is 0 Å². The van der Waals surface area contributed by atoms with Gasteiger partial charge in [-0.1, -0.05) is 6.07 Å². The van der Waals surface area contributed by atoms with Gasteiger partial charge in [0.15, 0.2) is 0 Å². The highest BCUT2D eigenvalue weighted by molar-refractivity contribution is 7.89. The molecule has 1 aromatic heterocycles. The maximum Gasteiger partial charge on any atom is 0.269 e. The van der Waals surface area contributed by atoms with Crippen molar-refractivity contribution in [2.45, 2.75) is 30.2 Å². The molecule has 0 bridgehead atoms. The number of nitrogen functional groups attached to an aromatic ring is 1.